The minimum atomic E-state index is -0.518. The van der Waals surface area contributed by atoms with Crippen LogP contribution in [0.25, 0.3) is 11.6 Å². The molecule has 3 aromatic rings. The van der Waals surface area contributed by atoms with Crippen molar-refractivity contribution in [2.24, 2.45) is 0 Å². The lowest BCUT2D eigenvalue weighted by Crippen LogP contribution is -2.06. The highest BCUT2D eigenvalue weighted by molar-refractivity contribution is 7.11. The molecular weight excluding hydrogens is 342 g/mol. The summed E-state index contributed by atoms with van der Waals surface area (Å²) in [4.78, 5) is 13.3. The van der Waals surface area contributed by atoms with Crippen molar-refractivity contribution >= 4 is 29.0 Å². The molecule has 0 fully saturated rings. The van der Waals surface area contributed by atoms with Crippen LogP contribution in [-0.2, 0) is 16.1 Å². The molecule has 0 bridgehead atoms. The highest BCUT2D eigenvalue weighted by Gasteiger charge is 2.15. The summed E-state index contributed by atoms with van der Waals surface area (Å²) in [6.07, 6.45) is 1.65. The molecule has 2 nitrogen and oxygen atoms in total. The lowest BCUT2D eigenvalue weighted by molar-refractivity contribution is -0.137. The van der Waals surface area contributed by atoms with E-state index in [1.165, 1.54) is 35.6 Å². The van der Waals surface area contributed by atoms with E-state index in [0.29, 0.717) is 16.7 Å². The second kappa shape index (κ2) is 7.85. The largest absolute Gasteiger partial charge is 0.457 e. The maximum absolute atomic E-state index is 13.2. The van der Waals surface area contributed by atoms with E-state index < -0.39 is 5.97 Å². The number of rotatable bonds is 5. The Morgan fingerprint density at radius 3 is 2.48 bits per heavy atom. The lowest BCUT2D eigenvalue weighted by Gasteiger charge is -2.08. The van der Waals surface area contributed by atoms with Gasteiger partial charge in [-0.05, 0) is 52.9 Å². The zero-order valence-electron chi connectivity index (χ0n) is 13.1. The summed E-state index contributed by atoms with van der Waals surface area (Å²) in [5, 5.41) is 1.85. The Labute approximate surface area is 148 Å². The first-order chi connectivity index (χ1) is 12.1. The smallest absolute Gasteiger partial charge is 0.339 e. The van der Waals surface area contributed by atoms with Crippen LogP contribution in [0, 0.1) is 11.6 Å². The predicted molar refractivity (Wildman–Crippen MR) is 94.8 cm³/mol. The molecule has 126 valence electrons. The van der Waals surface area contributed by atoms with Crippen LogP contribution >= 0.6 is 11.3 Å². The Balaban J connectivity index is 1.82. The molecule has 0 amide bonds. The molecule has 0 unspecified atom stereocenters. The van der Waals surface area contributed by atoms with Crippen molar-refractivity contribution in [3.63, 3.8) is 0 Å². The topological polar surface area (TPSA) is 26.3 Å². The summed E-state index contributed by atoms with van der Waals surface area (Å²) < 4.78 is 31.6. The van der Waals surface area contributed by atoms with Crippen molar-refractivity contribution < 1.29 is 18.3 Å². The third-order valence-corrected chi connectivity index (χ3v) is 4.35. The van der Waals surface area contributed by atoms with E-state index in [9.17, 15) is 13.6 Å². The average Bonchev–Trinajstić information content (AvgIpc) is 3.13. The first-order valence-electron chi connectivity index (χ1n) is 7.54. The van der Waals surface area contributed by atoms with Gasteiger partial charge in [-0.3, -0.25) is 0 Å². The molecule has 3 rings (SSSR count). The number of hydrogen-bond acceptors (Lipinski definition) is 3. The standard InChI is InChI=1S/C20H14F2O2S/c21-16-8-6-14(7-9-16)12-18(19-5-2-10-25-19)20(23)24-13-15-3-1-4-17(22)11-15/h1-12H,13H2/b18-12+. The number of thiophene rings is 1. The highest BCUT2D eigenvalue weighted by atomic mass is 32.1. The molecule has 0 radical (unpaired) electrons. The summed E-state index contributed by atoms with van der Waals surface area (Å²) in [5.74, 6) is -1.24. The average molecular weight is 356 g/mol. The molecule has 0 atom stereocenters. The van der Waals surface area contributed by atoms with E-state index >= 15 is 0 Å². The van der Waals surface area contributed by atoms with Crippen molar-refractivity contribution in [1.82, 2.24) is 0 Å². The van der Waals surface area contributed by atoms with E-state index in [2.05, 4.69) is 0 Å². The van der Waals surface area contributed by atoms with E-state index in [-0.39, 0.29) is 18.2 Å². The molecule has 0 saturated heterocycles. The van der Waals surface area contributed by atoms with Gasteiger partial charge in [-0.25, -0.2) is 13.6 Å². The van der Waals surface area contributed by atoms with Crippen LogP contribution in [0.2, 0.25) is 0 Å². The monoisotopic (exact) mass is 356 g/mol. The van der Waals surface area contributed by atoms with Crippen molar-refractivity contribution in [3.05, 3.63) is 93.7 Å². The quantitative estimate of drug-likeness (QED) is 0.457. The van der Waals surface area contributed by atoms with Crippen LogP contribution < -0.4 is 0 Å². The van der Waals surface area contributed by atoms with Gasteiger partial charge in [0.05, 0.1) is 5.57 Å². The molecule has 0 saturated carbocycles. The molecule has 0 spiro atoms. The number of carbonyl (C=O) groups excluding carboxylic acids is 1. The predicted octanol–water partition coefficient (Wildman–Crippen LogP) is 5.31. The maximum Gasteiger partial charge on any atom is 0.339 e. The fraction of sp³-hybridized carbons (Fsp3) is 0.0500. The molecule has 25 heavy (non-hydrogen) atoms. The van der Waals surface area contributed by atoms with Crippen LogP contribution in [0.3, 0.4) is 0 Å². The molecule has 1 aromatic heterocycles. The number of ether oxygens (including phenoxy) is 1. The Kier molecular flexibility index (Phi) is 5.36. The Bertz CT molecular complexity index is 884. The van der Waals surface area contributed by atoms with Gasteiger partial charge in [0.25, 0.3) is 0 Å². The van der Waals surface area contributed by atoms with E-state index in [0.717, 1.165) is 4.88 Å². The number of benzene rings is 2. The van der Waals surface area contributed by atoms with Crippen LogP contribution in [0.4, 0.5) is 8.78 Å². The number of hydrogen-bond donors (Lipinski definition) is 0. The summed E-state index contributed by atoms with van der Waals surface area (Å²) in [5.41, 5.74) is 1.63. The molecule has 5 heteroatoms. The van der Waals surface area contributed by atoms with Gasteiger partial charge in [0.15, 0.2) is 0 Å². The summed E-state index contributed by atoms with van der Waals surface area (Å²) in [6, 6.07) is 15.4. The fourth-order valence-corrected chi connectivity index (χ4v) is 2.97. The van der Waals surface area contributed by atoms with Gasteiger partial charge in [0.1, 0.15) is 18.2 Å². The Hall–Kier alpha value is -2.79. The molecule has 0 aliphatic heterocycles. The molecule has 2 aromatic carbocycles. The maximum atomic E-state index is 13.2. The van der Waals surface area contributed by atoms with Gasteiger partial charge in [0.2, 0.25) is 0 Å². The number of esters is 1. The van der Waals surface area contributed by atoms with Gasteiger partial charge in [-0.2, -0.15) is 0 Å². The van der Waals surface area contributed by atoms with Crippen molar-refractivity contribution in [2.45, 2.75) is 6.61 Å². The van der Waals surface area contributed by atoms with E-state index in [1.54, 1.807) is 30.3 Å². The first-order valence-corrected chi connectivity index (χ1v) is 8.42. The second-order valence-corrected chi connectivity index (χ2v) is 6.24. The van der Waals surface area contributed by atoms with Crippen molar-refractivity contribution in [1.29, 1.82) is 0 Å². The van der Waals surface area contributed by atoms with Gasteiger partial charge in [-0.1, -0.05) is 30.3 Å². The SMILES string of the molecule is O=C(OCc1cccc(F)c1)/C(=C/c1ccc(F)cc1)c1cccs1. The van der Waals surface area contributed by atoms with Crippen LogP contribution in [0.1, 0.15) is 16.0 Å². The number of halogens is 2. The highest BCUT2D eigenvalue weighted by Crippen LogP contribution is 2.25. The second-order valence-electron chi connectivity index (χ2n) is 5.29. The molecule has 1 heterocycles. The molecule has 0 aliphatic carbocycles. The zero-order chi connectivity index (χ0) is 17.6. The van der Waals surface area contributed by atoms with E-state index in [1.807, 2.05) is 17.5 Å². The molecule has 0 N–H and O–H groups in total. The normalized spacial score (nSPS) is 11.4. The van der Waals surface area contributed by atoms with Crippen LogP contribution in [-0.4, -0.2) is 5.97 Å². The van der Waals surface area contributed by atoms with Gasteiger partial charge >= 0.3 is 5.97 Å². The fourth-order valence-electron chi connectivity index (χ4n) is 2.24. The van der Waals surface area contributed by atoms with Crippen molar-refractivity contribution in [2.75, 3.05) is 0 Å². The lowest BCUT2D eigenvalue weighted by atomic mass is 10.1. The minimum absolute atomic E-state index is 0.0251. The third-order valence-electron chi connectivity index (χ3n) is 3.45. The summed E-state index contributed by atoms with van der Waals surface area (Å²) in [6.45, 7) is -0.0251. The van der Waals surface area contributed by atoms with Crippen molar-refractivity contribution in [3.8, 4) is 0 Å². The van der Waals surface area contributed by atoms with E-state index in [4.69, 9.17) is 4.74 Å². The van der Waals surface area contributed by atoms with Crippen LogP contribution in [0.15, 0.2) is 66.0 Å². The molecular formula is C20H14F2O2S. The first kappa shape index (κ1) is 17.0. The zero-order valence-corrected chi connectivity index (χ0v) is 13.9. The van der Waals surface area contributed by atoms with Crippen LogP contribution in [0.5, 0.6) is 0 Å². The third kappa shape index (κ3) is 4.61. The Morgan fingerprint density at radius 1 is 1.00 bits per heavy atom. The molecule has 0 aliphatic rings. The summed E-state index contributed by atoms with van der Waals surface area (Å²) >= 11 is 1.40. The van der Waals surface area contributed by atoms with Gasteiger partial charge in [0, 0.05) is 4.88 Å². The minimum Gasteiger partial charge on any atom is -0.457 e. The number of carbonyl (C=O) groups is 1. The van der Waals surface area contributed by atoms with Gasteiger partial charge in [-0.15, -0.1) is 11.3 Å². The van der Waals surface area contributed by atoms with Gasteiger partial charge < -0.3 is 4.74 Å². The summed E-state index contributed by atoms with van der Waals surface area (Å²) in [7, 11) is 0. The Morgan fingerprint density at radius 2 is 1.80 bits per heavy atom.